The van der Waals surface area contributed by atoms with Crippen molar-refractivity contribution in [1.29, 1.82) is 0 Å². The Morgan fingerprint density at radius 2 is 2.00 bits per heavy atom. The predicted octanol–water partition coefficient (Wildman–Crippen LogP) is 2.25. The van der Waals surface area contributed by atoms with E-state index in [-0.39, 0.29) is 22.1 Å². The molecule has 1 unspecified atom stereocenters. The first-order valence-electron chi connectivity index (χ1n) is 5.72. The van der Waals surface area contributed by atoms with Gasteiger partial charge in [-0.05, 0) is 17.7 Å². The maximum Gasteiger partial charge on any atom is 0.377 e. The second-order valence-electron chi connectivity index (χ2n) is 4.21. The zero-order valence-electron chi connectivity index (χ0n) is 10.1. The van der Waals surface area contributed by atoms with Crippen LogP contribution < -0.4 is 9.47 Å². The van der Waals surface area contributed by atoms with E-state index in [0.29, 0.717) is 19.6 Å². The van der Waals surface area contributed by atoms with Gasteiger partial charge in [0.05, 0.1) is 18.2 Å². The number of alkyl halides is 2. The maximum absolute atomic E-state index is 13.3. The number of carboxylic acid groups (broad SMARTS) is 1. The first kappa shape index (κ1) is 14.8. The minimum Gasteiger partial charge on any atom is -0.489 e. The number of hydrogen-bond donors (Lipinski definition) is 2. The van der Waals surface area contributed by atoms with E-state index in [1.807, 2.05) is 0 Å². The lowest BCUT2D eigenvalue weighted by molar-refractivity contribution is -0.182. The van der Waals surface area contributed by atoms with Crippen LogP contribution in [0.4, 0.5) is 8.78 Å². The van der Waals surface area contributed by atoms with Crippen LogP contribution in [0.15, 0.2) is 12.1 Å². The molecule has 2 rings (SSSR count). The van der Waals surface area contributed by atoms with Gasteiger partial charge in [0.15, 0.2) is 17.6 Å². The predicted molar refractivity (Wildman–Crippen MR) is 64.6 cm³/mol. The van der Waals surface area contributed by atoms with Gasteiger partial charge in [-0.1, -0.05) is 11.6 Å². The molecule has 2 N–H and O–H groups in total. The highest BCUT2D eigenvalue weighted by Gasteiger charge is 2.48. The molecule has 5 nitrogen and oxygen atoms in total. The van der Waals surface area contributed by atoms with Crippen LogP contribution in [0.1, 0.15) is 18.1 Å². The largest absolute Gasteiger partial charge is 0.489 e. The van der Waals surface area contributed by atoms with Crippen LogP contribution in [0.25, 0.3) is 0 Å². The Bertz CT molecular complexity index is 535. The molecule has 1 heterocycles. The number of aliphatic hydroxyl groups excluding tert-OH is 1. The fraction of sp³-hybridized carbons (Fsp3) is 0.417. The van der Waals surface area contributed by atoms with Gasteiger partial charge in [-0.15, -0.1) is 0 Å². The lowest BCUT2D eigenvalue weighted by atomic mass is 10.0. The molecule has 1 aliphatic rings. The number of carboxylic acids is 1. The molecule has 0 bridgehead atoms. The first-order valence-corrected chi connectivity index (χ1v) is 6.10. The standard InChI is InChI=1S/C12H11ClF2O5/c13-7-4-6(10(16)12(14,15)11(17)18)5-8-9(7)20-3-1-2-19-8/h4-5,10,16H,1-3H2,(H,17,18). The van der Waals surface area contributed by atoms with E-state index in [2.05, 4.69) is 0 Å². The summed E-state index contributed by atoms with van der Waals surface area (Å²) < 4.78 is 37.2. The molecule has 20 heavy (non-hydrogen) atoms. The molecule has 1 aromatic carbocycles. The van der Waals surface area contributed by atoms with Crippen molar-refractivity contribution in [2.45, 2.75) is 18.4 Å². The van der Waals surface area contributed by atoms with E-state index < -0.39 is 18.0 Å². The summed E-state index contributed by atoms with van der Waals surface area (Å²) >= 11 is 5.89. The number of aliphatic hydroxyl groups is 1. The Morgan fingerprint density at radius 3 is 2.65 bits per heavy atom. The van der Waals surface area contributed by atoms with Crippen LogP contribution >= 0.6 is 11.6 Å². The van der Waals surface area contributed by atoms with Crippen LogP contribution in [0.3, 0.4) is 0 Å². The van der Waals surface area contributed by atoms with Gasteiger partial charge in [0.25, 0.3) is 0 Å². The van der Waals surface area contributed by atoms with Crippen molar-refractivity contribution in [1.82, 2.24) is 0 Å². The third kappa shape index (κ3) is 2.64. The highest BCUT2D eigenvalue weighted by Crippen LogP contribution is 2.42. The van der Waals surface area contributed by atoms with Crippen LogP contribution in [0.2, 0.25) is 5.02 Å². The summed E-state index contributed by atoms with van der Waals surface area (Å²) in [5.74, 6) is -6.46. The van der Waals surface area contributed by atoms with Crippen LogP contribution in [0, 0.1) is 0 Å². The summed E-state index contributed by atoms with van der Waals surface area (Å²) in [5.41, 5.74) is -0.355. The SMILES string of the molecule is O=C(O)C(F)(F)C(O)c1cc(Cl)c2c(c1)OCCCO2. The fourth-order valence-electron chi connectivity index (χ4n) is 1.73. The molecule has 1 aromatic rings. The summed E-state index contributed by atoms with van der Waals surface area (Å²) in [7, 11) is 0. The van der Waals surface area contributed by atoms with E-state index in [1.54, 1.807) is 0 Å². The van der Waals surface area contributed by atoms with Crippen LogP contribution in [-0.2, 0) is 4.79 Å². The lowest BCUT2D eigenvalue weighted by Gasteiger charge is -2.20. The van der Waals surface area contributed by atoms with Crippen molar-refractivity contribution in [2.75, 3.05) is 13.2 Å². The average molecular weight is 309 g/mol. The van der Waals surface area contributed by atoms with Crippen LogP contribution in [-0.4, -0.2) is 35.3 Å². The van der Waals surface area contributed by atoms with E-state index in [1.165, 1.54) is 0 Å². The third-order valence-electron chi connectivity index (χ3n) is 2.77. The van der Waals surface area contributed by atoms with E-state index in [9.17, 15) is 18.7 Å². The smallest absolute Gasteiger partial charge is 0.377 e. The molecular formula is C12H11ClF2O5. The van der Waals surface area contributed by atoms with E-state index in [0.717, 1.165) is 12.1 Å². The number of benzene rings is 1. The van der Waals surface area contributed by atoms with Crippen molar-refractivity contribution >= 4 is 17.6 Å². The Balaban J connectivity index is 2.41. The molecule has 0 amide bonds. The number of halogens is 3. The van der Waals surface area contributed by atoms with Gasteiger partial charge in [0.1, 0.15) is 0 Å². The number of hydrogen-bond acceptors (Lipinski definition) is 4. The van der Waals surface area contributed by atoms with E-state index >= 15 is 0 Å². The first-order chi connectivity index (χ1) is 9.34. The number of carbonyl (C=O) groups is 1. The zero-order valence-corrected chi connectivity index (χ0v) is 10.9. The molecule has 8 heteroatoms. The van der Waals surface area contributed by atoms with Gasteiger partial charge in [-0.3, -0.25) is 0 Å². The minimum atomic E-state index is -4.33. The summed E-state index contributed by atoms with van der Waals surface area (Å²) in [4.78, 5) is 10.5. The molecular weight excluding hydrogens is 298 g/mol. The fourth-order valence-corrected chi connectivity index (χ4v) is 2.01. The van der Waals surface area contributed by atoms with Crippen molar-refractivity contribution in [3.05, 3.63) is 22.7 Å². The topological polar surface area (TPSA) is 76.0 Å². The summed E-state index contributed by atoms with van der Waals surface area (Å²) in [6, 6.07) is 2.14. The second kappa shape index (κ2) is 5.41. The summed E-state index contributed by atoms with van der Waals surface area (Å²) in [5, 5.41) is 17.9. The highest BCUT2D eigenvalue weighted by atomic mass is 35.5. The Labute approximate surface area is 117 Å². The van der Waals surface area contributed by atoms with E-state index in [4.69, 9.17) is 26.2 Å². The molecule has 0 saturated carbocycles. The number of aliphatic carboxylic acids is 1. The number of fused-ring (bicyclic) bond motifs is 1. The second-order valence-corrected chi connectivity index (χ2v) is 4.62. The minimum absolute atomic E-state index is 0.0281. The molecule has 0 radical (unpaired) electrons. The van der Waals surface area contributed by atoms with Gasteiger partial charge in [-0.2, -0.15) is 8.78 Å². The molecule has 0 aromatic heterocycles. The maximum atomic E-state index is 13.3. The normalized spacial score (nSPS) is 16.4. The van der Waals surface area contributed by atoms with Gasteiger partial charge >= 0.3 is 11.9 Å². The molecule has 110 valence electrons. The third-order valence-corrected chi connectivity index (χ3v) is 3.05. The molecule has 0 spiro atoms. The quantitative estimate of drug-likeness (QED) is 0.895. The molecule has 1 aliphatic heterocycles. The van der Waals surface area contributed by atoms with Crippen molar-refractivity contribution in [3.8, 4) is 11.5 Å². The Kier molecular flexibility index (Phi) is 4.01. The summed E-state index contributed by atoms with van der Waals surface area (Å²) in [6.07, 6.45) is -1.94. The number of rotatable bonds is 3. The van der Waals surface area contributed by atoms with Gasteiger partial charge in [0.2, 0.25) is 0 Å². The highest BCUT2D eigenvalue weighted by molar-refractivity contribution is 6.32. The summed E-state index contributed by atoms with van der Waals surface area (Å²) in [6.45, 7) is 0.665. The van der Waals surface area contributed by atoms with Crippen LogP contribution in [0.5, 0.6) is 11.5 Å². The van der Waals surface area contributed by atoms with Gasteiger partial charge in [0, 0.05) is 6.42 Å². The van der Waals surface area contributed by atoms with Gasteiger partial charge in [-0.25, -0.2) is 4.79 Å². The average Bonchev–Trinajstić information content (AvgIpc) is 2.63. The lowest BCUT2D eigenvalue weighted by Crippen LogP contribution is -2.35. The Hall–Kier alpha value is -1.60. The van der Waals surface area contributed by atoms with Gasteiger partial charge < -0.3 is 19.7 Å². The molecule has 1 atom stereocenters. The molecule has 0 aliphatic carbocycles. The monoisotopic (exact) mass is 308 g/mol. The Morgan fingerprint density at radius 1 is 1.35 bits per heavy atom. The van der Waals surface area contributed by atoms with Crippen molar-refractivity contribution < 1.29 is 33.3 Å². The molecule has 0 fully saturated rings. The van der Waals surface area contributed by atoms with Crippen molar-refractivity contribution in [2.24, 2.45) is 0 Å². The zero-order chi connectivity index (χ0) is 14.9. The number of ether oxygens (including phenoxy) is 2. The molecule has 0 saturated heterocycles. The van der Waals surface area contributed by atoms with Crippen molar-refractivity contribution in [3.63, 3.8) is 0 Å².